The van der Waals surface area contributed by atoms with Gasteiger partial charge in [0.05, 0.1) is 5.02 Å². The lowest BCUT2D eigenvalue weighted by atomic mass is 10.2. The first-order valence-corrected chi connectivity index (χ1v) is 9.71. The van der Waals surface area contributed by atoms with Crippen LogP contribution in [0.5, 0.6) is 5.75 Å². The van der Waals surface area contributed by atoms with Gasteiger partial charge in [-0.05, 0) is 42.9 Å². The molecule has 3 rings (SSSR count). The summed E-state index contributed by atoms with van der Waals surface area (Å²) in [6.45, 7) is 6.14. The molecule has 0 saturated carbocycles. The molecule has 0 unspecified atom stereocenters. The number of benzene rings is 2. The van der Waals surface area contributed by atoms with Gasteiger partial charge in [0.25, 0.3) is 5.91 Å². The fourth-order valence-electron chi connectivity index (χ4n) is 2.35. The Hall–Kier alpha value is -2.41. The van der Waals surface area contributed by atoms with E-state index in [-0.39, 0.29) is 11.0 Å². The van der Waals surface area contributed by atoms with Crippen LogP contribution in [0.2, 0.25) is 5.02 Å². The van der Waals surface area contributed by atoms with E-state index in [2.05, 4.69) is 17.2 Å². The second kappa shape index (κ2) is 8.52. The molecule has 0 aliphatic rings. The minimum absolute atomic E-state index is 0.186. The molecule has 0 saturated heterocycles. The molecule has 0 radical (unpaired) electrons. The highest BCUT2D eigenvalue weighted by Crippen LogP contribution is 2.35. The molecule has 138 valence electrons. The zero-order valence-electron chi connectivity index (χ0n) is 14.5. The first-order valence-electron chi connectivity index (χ1n) is 8.10. The summed E-state index contributed by atoms with van der Waals surface area (Å²) in [6, 6.07) is 14.9. The van der Waals surface area contributed by atoms with E-state index in [1.54, 1.807) is 6.07 Å². The Kier molecular flexibility index (Phi) is 6.11. The Morgan fingerprint density at radius 2 is 2.04 bits per heavy atom. The number of halogens is 1. The van der Waals surface area contributed by atoms with Crippen LogP contribution in [0, 0.1) is 0 Å². The summed E-state index contributed by atoms with van der Waals surface area (Å²) in [5.74, 6) is 0.345. The minimum Gasteiger partial charge on any atom is -0.489 e. The zero-order chi connectivity index (χ0) is 19.4. The van der Waals surface area contributed by atoms with Gasteiger partial charge in [0.1, 0.15) is 17.2 Å². The first kappa shape index (κ1) is 19.4. The van der Waals surface area contributed by atoms with Crippen molar-refractivity contribution in [1.82, 2.24) is 5.32 Å². The Morgan fingerprint density at radius 1 is 1.26 bits per heavy atom. The number of ether oxygens (including phenoxy) is 1. The van der Waals surface area contributed by atoms with Gasteiger partial charge in [-0.25, -0.2) is 0 Å². The third kappa shape index (κ3) is 4.86. The lowest BCUT2D eigenvalue weighted by Crippen LogP contribution is -2.33. The number of anilines is 1. The van der Waals surface area contributed by atoms with Gasteiger partial charge in [0.15, 0.2) is 5.11 Å². The summed E-state index contributed by atoms with van der Waals surface area (Å²) < 4.78 is 6.56. The number of hydrogen-bond donors (Lipinski definition) is 2. The van der Waals surface area contributed by atoms with Crippen molar-refractivity contribution in [2.45, 2.75) is 6.92 Å². The Morgan fingerprint density at radius 3 is 2.78 bits per heavy atom. The van der Waals surface area contributed by atoms with E-state index < -0.39 is 0 Å². The summed E-state index contributed by atoms with van der Waals surface area (Å²) in [4.78, 5) is 13.0. The van der Waals surface area contributed by atoms with Crippen molar-refractivity contribution in [2.24, 2.45) is 0 Å². The highest BCUT2D eigenvalue weighted by Gasteiger charge is 2.17. The van der Waals surface area contributed by atoms with Crippen molar-refractivity contribution >= 4 is 61.9 Å². The quantitative estimate of drug-likeness (QED) is 0.417. The number of carbonyl (C=O) groups is 1. The van der Waals surface area contributed by atoms with Crippen LogP contribution in [0.1, 0.15) is 16.6 Å². The second-order valence-electron chi connectivity index (χ2n) is 5.92. The molecule has 2 N–H and O–H groups in total. The van der Waals surface area contributed by atoms with Gasteiger partial charge < -0.3 is 10.1 Å². The number of nitrogens with one attached hydrogen (secondary N) is 2. The van der Waals surface area contributed by atoms with Crippen molar-refractivity contribution in [1.29, 1.82) is 0 Å². The summed E-state index contributed by atoms with van der Waals surface area (Å²) in [6.07, 6.45) is 0. The first-order chi connectivity index (χ1) is 12.9. The average Bonchev–Trinajstić information content (AvgIpc) is 2.97. The van der Waals surface area contributed by atoms with Gasteiger partial charge in [-0.2, -0.15) is 0 Å². The Balaban J connectivity index is 1.66. The molecule has 4 nitrogen and oxygen atoms in total. The van der Waals surface area contributed by atoms with Crippen LogP contribution in [-0.4, -0.2) is 17.6 Å². The van der Waals surface area contributed by atoms with Crippen LogP contribution in [0.3, 0.4) is 0 Å². The molecule has 0 aliphatic carbocycles. The van der Waals surface area contributed by atoms with Crippen molar-refractivity contribution in [3.63, 3.8) is 0 Å². The van der Waals surface area contributed by atoms with Gasteiger partial charge in [-0.1, -0.05) is 42.4 Å². The molecule has 0 bridgehead atoms. The molecular weight excluding hydrogens is 400 g/mol. The van der Waals surface area contributed by atoms with Crippen LogP contribution in [0.4, 0.5) is 5.69 Å². The number of fused-ring (bicyclic) bond motifs is 1. The highest BCUT2D eigenvalue weighted by molar-refractivity contribution is 7.80. The maximum atomic E-state index is 12.5. The van der Waals surface area contributed by atoms with Gasteiger partial charge >= 0.3 is 0 Å². The van der Waals surface area contributed by atoms with Crippen molar-refractivity contribution < 1.29 is 9.53 Å². The highest BCUT2D eigenvalue weighted by atomic mass is 35.5. The van der Waals surface area contributed by atoms with Crippen LogP contribution >= 0.6 is 35.2 Å². The van der Waals surface area contributed by atoms with E-state index in [0.29, 0.717) is 27.9 Å². The maximum Gasteiger partial charge on any atom is 0.269 e. The molecule has 7 heteroatoms. The van der Waals surface area contributed by atoms with E-state index in [9.17, 15) is 4.79 Å². The van der Waals surface area contributed by atoms with E-state index in [0.717, 1.165) is 15.7 Å². The SMILES string of the molecule is C=C(C)COc1cccc(NC(=S)NC(=O)c2sc3ccccc3c2Cl)c1. The van der Waals surface area contributed by atoms with Crippen molar-refractivity contribution in [3.8, 4) is 5.75 Å². The molecule has 0 atom stereocenters. The lowest BCUT2D eigenvalue weighted by Gasteiger charge is -2.11. The second-order valence-corrected chi connectivity index (χ2v) is 7.76. The molecule has 3 aromatic rings. The zero-order valence-corrected chi connectivity index (χ0v) is 16.9. The van der Waals surface area contributed by atoms with E-state index in [4.69, 9.17) is 28.6 Å². The number of rotatable bonds is 5. The number of carbonyl (C=O) groups excluding carboxylic acids is 1. The van der Waals surface area contributed by atoms with Gasteiger partial charge in [0.2, 0.25) is 0 Å². The van der Waals surface area contributed by atoms with Crippen molar-refractivity contribution in [2.75, 3.05) is 11.9 Å². The predicted octanol–water partition coefficient (Wildman–Crippen LogP) is 5.64. The fourth-order valence-corrected chi connectivity index (χ4v) is 3.98. The molecule has 0 aliphatic heterocycles. The number of thiophene rings is 1. The Bertz CT molecular complexity index is 1030. The van der Waals surface area contributed by atoms with Gasteiger partial charge in [-0.15, -0.1) is 11.3 Å². The third-order valence-corrected chi connectivity index (χ3v) is 5.42. The molecule has 1 heterocycles. The standard InChI is InChI=1S/C20H17ClN2O2S2/c1-12(2)11-25-14-7-5-6-13(10-14)22-20(26)23-19(24)18-17(21)15-8-3-4-9-16(15)27-18/h3-10H,1,11H2,2H3,(H2,22,23,24,26). The lowest BCUT2D eigenvalue weighted by molar-refractivity contribution is 0.0982. The third-order valence-electron chi connectivity index (χ3n) is 3.55. The van der Waals surface area contributed by atoms with Crippen LogP contribution in [0.15, 0.2) is 60.7 Å². The molecule has 0 spiro atoms. The molecule has 0 fully saturated rings. The molecule has 2 aromatic carbocycles. The van der Waals surface area contributed by atoms with E-state index in [1.807, 2.05) is 49.4 Å². The van der Waals surface area contributed by atoms with Crippen LogP contribution in [0.25, 0.3) is 10.1 Å². The largest absolute Gasteiger partial charge is 0.489 e. The fraction of sp³-hybridized carbons (Fsp3) is 0.100. The maximum absolute atomic E-state index is 12.5. The minimum atomic E-state index is -0.339. The number of thiocarbonyl (C=S) groups is 1. The van der Waals surface area contributed by atoms with E-state index in [1.165, 1.54) is 11.3 Å². The predicted molar refractivity (Wildman–Crippen MR) is 117 cm³/mol. The van der Waals surface area contributed by atoms with Gasteiger partial charge in [-0.3, -0.25) is 10.1 Å². The summed E-state index contributed by atoms with van der Waals surface area (Å²) >= 11 is 12.9. The van der Waals surface area contributed by atoms with E-state index >= 15 is 0 Å². The Labute approximate surface area is 171 Å². The van der Waals surface area contributed by atoms with Crippen molar-refractivity contribution in [3.05, 3.63) is 70.6 Å². The van der Waals surface area contributed by atoms with Crippen LogP contribution in [-0.2, 0) is 0 Å². The summed E-state index contributed by atoms with van der Waals surface area (Å²) in [5, 5.41) is 7.13. The smallest absolute Gasteiger partial charge is 0.269 e. The topological polar surface area (TPSA) is 50.4 Å². The number of amides is 1. The molecule has 27 heavy (non-hydrogen) atoms. The summed E-state index contributed by atoms with van der Waals surface area (Å²) in [7, 11) is 0. The average molecular weight is 417 g/mol. The number of hydrogen-bond acceptors (Lipinski definition) is 4. The monoisotopic (exact) mass is 416 g/mol. The molecule has 1 aromatic heterocycles. The molecular formula is C20H17ClN2O2S2. The van der Waals surface area contributed by atoms with Crippen LogP contribution < -0.4 is 15.4 Å². The summed E-state index contributed by atoms with van der Waals surface area (Å²) in [5.41, 5.74) is 1.64. The molecule has 1 amide bonds. The normalized spacial score (nSPS) is 10.4. The van der Waals surface area contributed by atoms with Gasteiger partial charge in [0, 0.05) is 21.8 Å².